The molecule has 4 fully saturated rings. The first-order valence-electron chi connectivity index (χ1n) is 25.9. The third-order valence-corrected chi connectivity index (χ3v) is 14.8. The van der Waals surface area contributed by atoms with E-state index in [9.17, 15) is 4.79 Å². The molecule has 6 aliphatic rings. The molecule has 14 heteroatoms. The highest BCUT2D eigenvalue weighted by atomic mass is 16.6. The van der Waals surface area contributed by atoms with E-state index in [2.05, 4.69) is 115 Å². The highest BCUT2D eigenvalue weighted by Gasteiger charge is 2.45. The Morgan fingerprint density at radius 2 is 1.00 bits per heavy atom. The molecule has 4 aromatic carbocycles. The summed E-state index contributed by atoms with van der Waals surface area (Å²) in [5.41, 5.74) is 9.48. The Hall–Kier alpha value is -6.93. The van der Waals surface area contributed by atoms with Gasteiger partial charge in [0.05, 0.1) is 11.4 Å². The topological polar surface area (TPSA) is 142 Å². The van der Waals surface area contributed by atoms with Crippen molar-refractivity contribution in [3.63, 3.8) is 0 Å². The lowest BCUT2D eigenvalue weighted by molar-refractivity contribution is 0.0196. The van der Waals surface area contributed by atoms with Crippen molar-refractivity contribution in [2.24, 2.45) is 0 Å². The number of carbonyl (C=O) groups is 1. The van der Waals surface area contributed by atoms with Gasteiger partial charge >= 0.3 is 6.09 Å². The van der Waals surface area contributed by atoms with E-state index in [-0.39, 0.29) is 17.3 Å². The van der Waals surface area contributed by atoms with Crippen molar-refractivity contribution in [3.05, 3.63) is 121 Å². The molecule has 14 nitrogen and oxygen atoms in total. The average molecular weight is 955 g/mol. The number of hydrogen-bond donors (Lipinski definition) is 3. The van der Waals surface area contributed by atoms with Gasteiger partial charge in [0.1, 0.15) is 17.1 Å². The van der Waals surface area contributed by atoms with Crippen molar-refractivity contribution in [2.45, 2.75) is 102 Å². The number of fused-ring (bicyclic) bond motifs is 8. The number of piperazine rings is 2. The van der Waals surface area contributed by atoms with Gasteiger partial charge in [-0.05, 0) is 133 Å². The molecule has 0 unspecified atom stereocenters. The van der Waals surface area contributed by atoms with Gasteiger partial charge in [-0.3, -0.25) is 0 Å². The third kappa shape index (κ3) is 9.91. The Labute approximate surface area is 417 Å². The van der Waals surface area contributed by atoms with Crippen molar-refractivity contribution in [2.75, 3.05) is 72.8 Å². The quantitative estimate of drug-likeness (QED) is 0.146. The maximum atomic E-state index is 12.4. The minimum atomic E-state index is -0.479. The molecular weight excluding hydrogens is 889 g/mol. The lowest BCUT2D eigenvalue weighted by Crippen LogP contribution is -2.50. The molecule has 3 N–H and O–H groups in total. The number of anilines is 6. The predicted molar refractivity (Wildman–Crippen MR) is 280 cm³/mol. The van der Waals surface area contributed by atoms with E-state index in [1.165, 1.54) is 31.4 Å². The Morgan fingerprint density at radius 1 is 0.563 bits per heavy atom. The highest BCUT2D eigenvalue weighted by Crippen LogP contribution is 2.52. The largest absolute Gasteiger partial charge is 0.480 e. The van der Waals surface area contributed by atoms with Crippen molar-refractivity contribution in [1.29, 1.82) is 0 Å². The van der Waals surface area contributed by atoms with Crippen LogP contribution in [0.3, 0.4) is 0 Å². The third-order valence-electron chi connectivity index (χ3n) is 14.8. The molecule has 2 saturated heterocycles. The molecule has 2 spiro atoms. The van der Waals surface area contributed by atoms with E-state index in [0.717, 1.165) is 140 Å². The van der Waals surface area contributed by atoms with Gasteiger partial charge < -0.3 is 44.9 Å². The van der Waals surface area contributed by atoms with Crippen LogP contribution in [0.5, 0.6) is 11.5 Å². The lowest BCUT2D eigenvalue weighted by atomic mass is 9.78. The van der Waals surface area contributed by atoms with Gasteiger partial charge in [-0.25, -0.2) is 24.7 Å². The second-order valence-electron chi connectivity index (χ2n) is 20.8. The van der Waals surface area contributed by atoms with E-state index in [1.54, 1.807) is 4.90 Å². The molecule has 6 aromatic rings. The summed E-state index contributed by atoms with van der Waals surface area (Å²) in [6, 6.07) is 33.4. The van der Waals surface area contributed by atoms with Crippen LogP contribution in [0, 0.1) is 0 Å². The maximum absolute atomic E-state index is 12.4. The number of amides is 1. The number of aromatic nitrogens is 4. The summed E-state index contributed by atoms with van der Waals surface area (Å²) in [5, 5.41) is 10.2. The van der Waals surface area contributed by atoms with Gasteiger partial charge in [0, 0.05) is 110 Å². The normalized spacial score (nSPS) is 18.5. The van der Waals surface area contributed by atoms with Gasteiger partial charge in [0.25, 0.3) is 0 Å². The van der Waals surface area contributed by atoms with Gasteiger partial charge in [-0.1, -0.05) is 49.2 Å². The summed E-state index contributed by atoms with van der Waals surface area (Å²) >= 11 is 0. The van der Waals surface area contributed by atoms with Crippen molar-refractivity contribution in [1.82, 2.24) is 30.2 Å². The SMILES string of the molecule is CC(C)(C)OC(=O)N1CCN(c2ccc(Nc3ncc4c(n3)C3(CCCCC3)Oc3ccccc3-4)cc2)CC1.c1ccc2c(c1)OC1(CCCCC1)c1nc(Nc3ccc(N4CCNCC4)cc3)ncc1-2. The molecule has 1 amide bonds. The minimum absolute atomic E-state index is 0.240. The molecule has 4 aliphatic heterocycles. The van der Waals surface area contributed by atoms with Crippen molar-refractivity contribution < 1.29 is 19.0 Å². The first-order chi connectivity index (χ1) is 34.6. The number of rotatable bonds is 6. The Morgan fingerprint density at radius 3 is 1.45 bits per heavy atom. The lowest BCUT2D eigenvalue weighted by Gasteiger charge is -2.41. The Kier molecular flexibility index (Phi) is 12.9. The summed E-state index contributed by atoms with van der Waals surface area (Å²) in [6.07, 6.45) is 14.7. The second kappa shape index (κ2) is 19.7. The highest BCUT2D eigenvalue weighted by molar-refractivity contribution is 5.77. The van der Waals surface area contributed by atoms with Crippen LogP contribution in [0.25, 0.3) is 22.3 Å². The number of hydrogen-bond acceptors (Lipinski definition) is 13. The Bertz CT molecular complexity index is 2820. The van der Waals surface area contributed by atoms with E-state index in [0.29, 0.717) is 25.0 Å². The van der Waals surface area contributed by atoms with Crippen LogP contribution in [-0.2, 0) is 15.9 Å². The zero-order valence-corrected chi connectivity index (χ0v) is 41.4. The van der Waals surface area contributed by atoms with Crippen molar-refractivity contribution >= 4 is 40.7 Å². The second-order valence-corrected chi connectivity index (χ2v) is 20.8. The first kappa shape index (κ1) is 46.5. The molecular formula is C57H66N10O4. The fraction of sp³-hybridized carbons (Fsp3) is 0.421. The molecule has 2 aliphatic carbocycles. The monoisotopic (exact) mass is 955 g/mol. The maximum Gasteiger partial charge on any atom is 0.410 e. The zero-order valence-electron chi connectivity index (χ0n) is 41.4. The summed E-state index contributed by atoms with van der Waals surface area (Å²) in [4.78, 5) is 38.3. The smallest absolute Gasteiger partial charge is 0.410 e. The summed E-state index contributed by atoms with van der Waals surface area (Å²) < 4.78 is 18.8. The first-order valence-corrected chi connectivity index (χ1v) is 25.9. The van der Waals surface area contributed by atoms with Crippen LogP contribution >= 0.6 is 0 Å². The van der Waals surface area contributed by atoms with E-state index in [1.807, 2.05) is 51.4 Å². The fourth-order valence-corrected chi connectivity index (χ4v) is 11.1. The van der Waals surface area contributed by atoms with Crippen LogP contribution in [-0.4, -0.2) is 88.9 Å². The molecule has 0 radical (unpaired) electrons. The number of benzene rings is 4. The van der Waals surface area contributed by atoms with Crippen LogP contribution in [0.15, 0.2) is 109 Å². The van der Waals surface area contributed by atoms with Crippen LogP contribution in [0.4, 0.5) is 39.4 Å². The molecule has 6 heterocycles. The molecule has 2 aromatic heterocycles. The van der Waals surface area contributed by atoms with E-state index >= 15 is 0 Å². The predicted octanol–water partition coefficient (Wildman–Crippen LogP) is 11.3. The van der Waals surface area contributed by atoms with E-state index in [4.69, 9.17) is 24.2 Å². The molecule has 368 valence electrons. The number of nitrogens with zero attached hydrogens (tertiary/aromatic N) is 7. The number of carbonyl (C=O) groups excluding carboxylic acids is 1. The average Bonchev–Trinajstić information content (AvgIpc) is 3.40. The summed E-state index contributed by atoms with van der Waals surface area (Å²) in [7, 11) is 0. The number of ether oxygens (including phenoxy) is 3. The molecule has 12 rings (SSSR count). The van der Waals surface area contributed by atoms with Crippen molar-refractivity contribution in [3.8, 4) is 33.8 Å². The van der Waals surface area contributed by atoms with Gasteiger partial charge in [0.2, 0.25) is 11.9 Å². The van der Waals surface area contributed by atoms with Crippen LogP contribution in [0.1, 0.15) is 96.4 Å². The summed E-state index contributed by atoms with van der Waals surface area (Å²) in [6.45, 7) is 12.7. The molecule has 71 heavy (non-hydrogen) atoms. The van der Waals surface area contributed by atoms with E-state index < -0.39 is 5.60 Å². The fourth-order valence-electron chi connectivity index (χ4n) is 11.1. The minimum Gasteiger partial charge on any atom is -0.480 e. The van der Waals surface area contributed by atoms with Crippen LogP contribution in [0.2, 0.25) is 0 Å². The molecule has 2 saturated carbocycles. The van der Waals surface area contributed by atoms with Gasteiger partial charge in [-0.15, -0.1) is 0 Å². The zero-order chi connectivity index (χ0) is 48.4. The number of para-hydroxylation sites is 2. The standard InChI is InChI=1S/C31H37N5O3.C26H29N5O/c1-30(2,3)39-29(37)36-19-17-35(18-20-36)23-13-11-22(12-14-23)33-28-32-21-25-24-9-5-6-10-26(24)38-31(27(25)34-28)15-7-4-8-16-31;1-4-12-26(13-5-1)24-22(21-6-2-3-7-23(21)32-26)18-28-25(30-24)29-19-8-10-20(11-9-19)31-16-14-27-15-17-31/h5-6,9-14,21H,4,7-8,15-20H2,1-3H3,(H,32,33,34);2-3,6-11,18,27H,1,4-5,12-17H2,(H,28,29,30). The van der Waals surface area contributed by atoms with Crippen LogP contribution < -0.4 is 35.2 Å². The molecule has 0 bridgehead atoms. The molecule has 0 atom stereocenters. The van der Waals surface area contributed by atoms with Gasteiger partial charge in [0.15, 0.2) is 11.2 Å². The summed E-state index contributed by atoms with van der Waals surface area (Å²) in [5.74, 6) is 3.10. The number of nitrogens with one attached hydrogen (secondary N) is 3. The Balaban J connectivity index is 0.000000157. The van der Waals surface area contributed by atoms with Gasteiger partial charge in [-0.2, -0.15) is 0 Å².